The maximum absolute atomic E-state index is 4.63. The maximum Gasteiger partial charge on any atom is 0.131 e. The lowest BCUT2D eigenvalue weighted by Crippen LogP contribution is -2.03. The van der Waals surface area contributed by atoms with Crippen molar-refractivity contribution in [3.8, 4) is 0 Å². The SMILES string of the molecule is CCCCc1nc(NC)cc(C2CC2)n1. The minimum absolute atomic E-state index is 0.709. The lowest BCUT2D eigenvalue weighted by molar-refractivity contribution is 0.744. The Bertz CT molecular complexity index is 332. The summed E-state index contributed by atoms with van der Waals surface area (Å²) < 4.78 is 0. The number of nitrogens with zero attached hydrogens (tertiary/aromatic N) is 2. The summed E-state index contributed by atoms with van der Waals surface area (Å²) in [6.45, 7) is 2.20. The molecular weight excluding hydrogens is 186 g/mol. The predicted octanol–water partition coefficient (Wildman–Crippen LogP) is 2.74. The zero-order valence-corrected chi connectivity index (χ0v) is 9.58. The van der Waals surface area contributed by atoms with Crippen LogP contribution in [0.1, 0.15) is 50.0 Å². The molecule has 0 saturated heterocycles. The highest BCUT2D eigenvalue weighted by atomic mass is 15.0. The van der Waals surface area contributed by atoms with Crippen molar-refractivity contribution in [3.05, 3.63) is 17.6 Å². The molecule has 1 heterocycles. The standard InChI is InChI=1S/C12H19N3/c1-3-4-5-11-14-10(9-6-7-9)8-12(13-2)15-11/h8-9H,3-7H2,1-2H3,(H,13,14,15). The van der Waals surface area contributed by atoms with Gasteiger partial charge in [-0.15, -0.1) is 0 Å². The van der Waals surface area contributed by atoms with Gasteiger partial charge in [-0.25, -0.2) is 9.97 Å². The van der Waals surface area contributed by atoms with Crippen molar-refractivity contribution in [2.24, 2.45) is 0 Å². The first-order valence-corrected chi connectivity index (χ1v) is 5.89. The van der Waals surface area contributed by atoms with Crippen molar-refractivity contribution in [2.45, 2.75) is 44.9 Å². The second-order valence-electron chi connectivity index (χ2n) is 4.22. The van der Waals surface area contributed by atoms with E-state index in [1.807, 2.05) is 7.05 Å². The third kappa shape index (κ3) is 2.67. The minimum atomic E-state index is 0.709. The van der Waals surface area contributed by atoms with Gasteiger partial charge in [-0.3, -0.25) is 0 Å². The van der Waals surface area contributed by atoms with E-state index in [0.717, 1.165) is 18.1 Å². The third-order valence-corrected chi connectivity index (χ3v) is 2.80. The normalized spacial score (nSPS) is 15.3. The molecule has 1 aliphatic rings. The van der Waals surface area contributed by atoms with Crippen LogP contribution in [-0.4, -0.2) is 17.0 Å². The van der Waals surface area contributed by atoms with E-state index in [1.165, 1.54) is 31.4 Å². The van der Waals surface area contributed by atoms with E-state index in [-0.39, 0.29) is 0 Å². The van der Waals surface area contributed by atoms with Crippen molar-refractivity contribution in [3.63, 3.8) is 0 Å². The van der Waals surface area contributed by atoms with E-state index in [2.05, 4.69) is 28.3 Å². The molecule has 1 fully saturated rings. The van der Waals surface area contributed by atoms with Crippen LogP contribution < -0.4 is 5.32 Å². The zero-order chi connectivity index (χ0) is 10.7. The molecule has 3 heteroatoms. The molecule has 3 nitrogen and oxygen atoms in total. The first-order valence-electron chi connectivity index (χ1n) is 5.89. The van der Waals surface area contributed by atoms with E-state index in [0.29, 0.717) is 5.92 Å². The summed E-state index contributed by atoms with van der Waals surface area (Å²) in [6.07, 6.45) is 5.98. The van der Waals surface area contributed by atoms with Gasteiger partial charge in [-0.2, -0.15) is 0 Å². The van der Waals surface area contributed by atoms with Crippen LogP contribution in [-0.2, 0) is 6.42 Å². The second-order valence-corrected chi connectivity index (χ2v) is 4.22. The number of aromatic nitrogens is 2. The summed E-state index contributed by atoms with van der Waals surface area (Å²) in [5.41, 5.74) is 1.24. The molecule has 0 bridgehead atoms. The Morgan fingerprint density at radius 2 is 2.20 bits per heavy atom. The van der Waals surface area contributed by atoms with E-state index >= 15 is 0 Å². The molecule has 0 unspecified atom stereocenters. The number of anilines is 1. The largest absolute Gasteiger partial charge is 0.373 e. The van der Waals surface area contributed by atoms with Crippen molar-refractivity contribution in [2.75, 3.05) is 12.4 Å². The van der Waals surface area contributed by atoms with Gasteiger partial charge in [-0.1, -0.05) is 13.3 Å². The summed E-state index contributed by atoms with van der Waals surface area (Å²) in [7, 11) is 1.92. The van der Waals surface area contributed by atoms with Crippen LogP contribution in [0.3, 0.4) is 0 Å². The molecule has 1 saturated carbocycles. The van der Waals surface area contributed by atoms with E-state index in [9.17, 15) is 0 Å². The lowest BCUT2D eigenvalue weighted by Gasteiger charge is -2.06. The van der Waals surface area contributed by atoms with Gasteiger partial charge in [-0.05, 0) is 19.3 Å². The van der Waals surface area contributed by atoms with Gasteiger partial charge in [0.25, 0.3) is 0 Å². The number of hydrogen-bond donors (Lipinski definition) is 1. The van der Waals surface area contributed by atoms with Gasteiger partial charge in [0.2, 0.25) is 0 Å². The number of rotatable bonds is 5. The number of unbranched alkanes of at least 4 members (excludes halogenated alkanes) is 1. The highest BCUT2D eigenvalue weighted by molar-refractivity contribution is 5.37. The highest BCUT2D eigenvalue weighted by Gasteiger charge is 2.25. The summed E-state index contributed by atoms with van der Waals surface area (Å²) in [4.78, 5) is 9.11. The van der Waals surface area contributed by atoms with Gasteiger partial charge in [0, 0.05) is 31.1 Å². The number of aryl methyl sites for hydroxylation is 1. The molecule has 82 valence electrons. The average molecular weight is 205 g/mol. The molecule has 0 radical (unpaired) electrons. The molecule has 0 amide bonds. The summed E-state index contributed by atoms with van der Waals surface area (Å²) in [6, 6.07) is 2.09. The lowest BCUT2D eigenvalue weighted by atomic mass is 10.2. The van der Waals surface area contributed by atoms with Gasteiger partial charge in [0.05, 0.1) is 0 Å². The Labute approximate surface area is 91.3 Å². The van der Waals surface area contributed by atoms with Crippen LogP contribution in [0.25, 0.3) is 0 Å². The van der Waals surface area contributed by atoms with Crippen molar-refractivity contribution in [1.29, 1.82) is 0 Å². The van der Waals surface area contributed by atoms with E-state index < -0.39 is 0 Å². The molecule has 0 spiro atoms. The fraction of sp³-hybridized carbons (Fsp3) is 0.667. The predicted molar refractivity (Wildman–Crippen MR) is 62.2 cm³/mol. The quantitative estimate of drug-likeness (QED) is 0.803. The molecule has 0 aromatic carbocycles. The Morgan fingerprint density at radius 3 is 2.80 bits per heavy atom. The second kappa shape index (κ2) is 4.60. The van der Waals surface area contributed by atoms with Crippen LogP contribution in [0.4, 0.5) is 5.82 Å². The van der Waals surface area contributed by atoms with E-state index in [1.54, 1.807) is 0 Å². The fourth-order valence-corrected chi connectivity index (χ4v) is 1.68. The molecule has 0 atom stereocenters. The van der Waals surface area contributed by atoms with Crippen molar-refractivity contribution >= 4 is 5.82 Å². The third-order valence-electron chi connectivity index (χ3n) is 2.80. The maximum atomic E-state index is 4.63. The first-order chi connectivity index (χ1) is 7.33. The first kappa shape index (κ1) is 10.4. The van der Waals surface area contributed by atoms with Crippen molar-refractivity contribution < 1.29 is 0 Å². The topological polar surface area (TPSA) is 37.8 Å². The average Bonchev–Trinajstić information content (AvgIpc) is 3.09. The van der Waals surface area contributed by atoms with Crippen LogP contribution in [0, 0.1) is 0 Å². The summed E-state index contributed by atoms with van der Waals surface area (Å²) >= 11 is 0. The molecule has 2 rings (SSSR count). The highest BCUT2D eigenvalue weighted by Crippen LogP contribution is 2.39. The van der Waals surface area contributed by atoms with Crippen LogP contribution in [0.5, 0.6) is 0 Å². The fourth-order valence-electron chi connectivity index (χ4n) is 1.68. The van der Waals surface area contributed by atoms with Gasteiger partial charge >= 0.3 is 0 Å². The van der Waals surface area contributed by atoms with E-state index in [4.69, 9.17) is 0 Å². The summed E-state index contributed by atoms with van der Waals surface area (Å²) in [5.74, 6) is 2.68. The zero-order valence-electron chi connectivity index (χ0n) is 9.58. The molecular formula is C12H19N3. The van der Waals surface area contributed by atoms with Gasteiger partial charge in [0.15, 0.2) is 0 Å². The Balaban J connectivity index is 2.16. The van der Waals surface area contributed by atoms with Gasteiger partial charge in [0.1, 0.15) is 11.6 Å². The molecule has 1 aliphatic carbocycles. The Kier molecular flexibility index (Phi) is 3.19. The minimum Gasteiger partial charge on any atom is -0.373 e. The van der Waals surface area contributed by atoms with Crippen LogP contribution >= 0.6 is 0 Å². The molecule has 0 aliphatic heterocycles. The monoisotopic (exact) mass is 205 g/mol. The Hall–Kier alpha value is -1.12. The smallest absolute Gasteiger partial charge is 0.131 e. The summed E-state index contributed by atoms with van der Waals surface area (Å²) in [5, 5.41) is 3.12. The van der Waals surface area contributed by atoms with Crippen LogP contribution in [0.2, 0.25) is 0 Å². The van der Waals surface area contributed by atoms with Gasteiger partial charge < -0.3 is 5.32 Å². The molecule has 1 aromatic heterocycles. The molecule has 1 N–H and O–H groups in total. The Morgan fingerprint density at radius 1 is 1.40 bits per heavy atom. The van der Waals surface area contributed by atoms with Crippen LogP contribution in [0.15, 0.2) is 6.07 Å². The number of hydrogen-bond acceptors (Lipinski definition) is 3. The molecule has 15 heavy (non-hydrogen) atoms. The molecule has 1 aromatic rings. The number of nitrogens with one attached hydrogen (secondary N) is 1. The van der Waals surface area contributed by atoms with Crippen molar-refractivity contribution in [1.82, 2.24) is 9.97 Å².